The Morgan fingerprint density at radius 3 is 1.05 bits per heavy atom. The van der Waals surface area contributed by atoms with Crippen LogP contribution in [-0.2, 0) is 22.3 Å². The molecule has 1 N–H and O–H groups in total. The minimum atomic E-state index is -0.747. The van der Waals surface area contributed by atoms with E-state index in [0.717, 1.165) is 37.6 Å². The van der Waals surface area contributed by atoms with Crippen molar-refractivity contribution < 1.29 is 33.5 Å². The third-order valence-electron chi connectivity index (χ3n) is 7.07. The average Bonchev–Trinajstić information content (AvgIpc) is 3.96. The summed E-state index contributed by atoms with van der Waals surface area (Å²) in [7, 11) is 0. The summed E-state index contributed by atoms with van der Waals surface area (Å²) < 4.78 is 33.3. The van der Waals surface area contributed by atoms with E-state index < -0.39 is 6.10 Å². The molecule has 234 valence electrons. The van der Waals surface area contributed by atoms with Gasteiger partial charge < -0.3 is 33.5 Å². The van der Waals surface area contributed by atoms with Crippen LogP contribution < -0.4 is 18.9 Å². The van der Waals surface area contributed by atoms with Crippen LogP contribution in [0.2, 0.25) is 0 Å². The van der Waals surface area contributed by atoms with Gasteiger partial charge in [0, 0.05) is 0 Å². The summed E-state index contributed by atoms with van der Waals surface area (Å²) in [6, 6.07) is 32.2. The number of hydrogen-bond donors (Lipinski definition) is 1. The first-order valence-corrected chi connectivity index (χ1v) is 14.4. The summed E-state index contributed by atoms with van der Waals surface area (Å²) >= 11 is 0. The maximum Gasteiger partial charge on any atom is 0.122 e. The summed E-state index contributed by atoms with van der Waals surface area (Å²) in [4.78, 5) is 0. The first-order chi connectivity index (χ1) is 20.6. The highest BCUT2D eigenvalue weighted by Gasteiger charge is 2.23. The Morgan fingerprint density at radius 1 is 0.500 bits per heavy atom. The molecule has 0 spiro atoms. The normalized spacial score (nSPS) is 16.9. The molecule has 2 atom stereocenters. The molecule has 0 bridgehead atoms. The van der Waals surface area contributed by atoms with Gasteiger partial charge in [-0.2, -0.15) is 0 Å². The Hall–Kier alpha value is -4.04. The van der Waals surface area contributed by atoms with Crippen LogP contribution >= 0.6 is 0 Å². The summed E-state index contributed by atoms with van der Waals surface area (Å²) in [6.45, 7) is 3.12. The van der Waals surface area contributed by atoms with E-state index in [-0.39, 0.29) is 40.3 Å². The Bertz CT molecular complexity index is 1270. The summed E-state index contributed by atoms with van der Waals surface area (Å²) in [5.41, 5.74) is 4.78. The lowest BCUT2D eigenvalue weighted by molar-refractivity contribution is 0.0626. The number of ether oxygens (including phenoxy) is 6. The third kappa shape index (κ3) is 10.6. The van der Waals surface area contributed by atoms with Crippen LogP contribution in [0.15, 0.2) is 97.1 Å². The van der Waals surface area contributed by atoms with Crippen LogP contribution in [0.25, 0.3) is 0 Å². The maximum absolute atomic E-state index is 10.4. The van der Waals surface area contributed by atoms with Crippen molar-refractivity contribution in [3.63, 3.8) is 0 Å². The first-order valence-electron chi connectivity index (χ1n) is 14.4. The zero-order valence-corrected chi connectivity index (χ0v) is 23.5. The molecule has 2 saturated heterocycles. The first kappa shape index (κ1) is 32.9. The number of benzene rings is 4. The van der Waals surface area contributed by atoms with Crippen molar-refractivity contribution in [3.8, 4) is 23.0 Å². The average molecular weight is 601 g/mol. The molecule has 2 aliphatic rings. The number of rotatable bonds is 16. The lowest BCUT2D eigenvalue weighted by atomic mass is 10.0. The van der Waals surface area contributed by atoms with Gasteiger partial charge in [0.25, 0.3) is 0 Å². The minimum absolute atomic E-state index is 0. The van der Waals surface area contributed by atoms with Crippen molar-refractivity contribution in [1.29, 1.82) is 0 Å². The van der Waals surface area contributed by atoms with Gasteiger partial charge in [-0.1, -0.05) is 63.4 Å². The van der Waals surface area contributed by atoms with Crippen LogP contribution in [0.1, 0.15) is 37.1 Å². The smallest absolute Gasteiger partial charge is 0.122 e. The summed E-state index contributed by atoms with van der Waals surface area (Å²) in [5, 5.41) is 10.4. The van der Waals surface area contributed by atoms with Gasteiger partial charge in [-0.05, 0) is 83.6 Å². The Labute approximate surface area is 261 Å². The minimum Gasteiger partial charge on any atom is -0.491 e. The molecular weight excluding hydrogens is 556 g/mol. The Balaban J connectivity index is 0.00000221. The Morgan fingerprint density at radius 2 is 0.773 bits per heavy atom. The van der Waals surface area contributed by atoms with Crippen molar-refractivity contribution in [2.24, 2.45) is 0 Å². The number of epoxide rings is 2. The van der Waals surface area contributed by atoms with E-state index in [4.69, 9.17) is 28.4 Å². The predicted molar refractivity (Wildman–Crippen MR) is 172 cm³/mol. The van der Waals surface area contributed by atoms with Gasteiger partial charge >= 0.3 is 0 Å². The zero-order valence-electron chi connectivity index (χ0n) is 23.5. The molecule has 0 amide bonds. The van der Waals surface area contributed by atoms with Crippen molar-refractivity contribution in [1.82, 2.24) is 0 Å². The fourth-order valence-electron chi connectivity index (χ4n) is 4.43. The van der Waals surface area contributed by atoms with E-state index in [1.165, 1.54) is 22.3 Å². The van der Waals surface area contributed by atoms with Gasteiger partial charge in [-0.15, -0.1) is 0 Å². The van der Waals surface area contributed by atoms with Gasteiger partial charge in [0.15, 0.2) is 0 Å². The largest absolute Gasteiger partial charge is 0.491 e. The molecule has 0 aromatic heterocycles. The van der Waals surface area contributed by atoms with Gasteiger partial charge in [-0.3, -0.25) is 0 Å². The van der Waals surface area contributed by atoms with E-state index in [1.807, 2.05) is 72.8 Å². The van der Waals surface area contributed by atoms with Crippen LogP contribution in [0.4, 0.5) is 0 Å². The zero-order chi connectivity index (χ0) is 28.6. The topological polar surface area (TPSA) is 82.2 Å². The van der Waals surface area contributed by atoms with E-state index in [2.05, 4.69) is 24.3 Å². The molecule has 2 heterocycles. The number of hydrogen-bond acceptors (Lipinski definition) is 7. The SMILES string of the molecule is C.C.OC(COc1ccc(Cc2ccc(OCC3CO3)cc2)cc1)COc1ccc(Cc2ccc(OCC3CO3)cc2)cc1. The molecule has 4 aromatic rings. The molecule has 0 aliphatic carbocycles. The third-order valence-corrected chi connectivity index (χ3v) is 7.07. The van der Waals surface area contributed by atoms with Gasteiger partial charge in [0.05, 0.1) is 13.2 Å². The van der Waals surface area contributed by atoms with Crippen molar-refractivity contribution in [2.75, 3.05) is 39.6 Å². The van der Waals surface area contributed by atoms with E-state index in [1.54, 1.807) is 0 Å². The molecular formula is C37H44O7. The van der Waals surface area contributed by atoms with Gasteiger partial charge in [0.2, 0.25) is 0 Å². The van der Waals surface area contributed by atoms with Gasteiger partial charge in [-0.25, -0.2) is 0 Å². The van der Waals surface area contributed by atoms with E-state index >= 15 is 0 Å². The van der Waals surface area contributed by atoms with Crippen LogP contribution in [0, 0.1) is 0 Å². The van der Waals surface area contributed by atoms with Crippen molar-refractivity contribution in [3.05, 3.63) is 119 Å². The van der Waals surface area contributed by atoms with E-state index in [0.29, 0.717) is 24.7 Å². The molecule has 0 saturated carbocycles. The molecule has 44 heavy (non-hydrogen) atoms. The second kappa shape index (κ2) is 16.1. The molecule has 4 aromatic carbocycles. The van der Waals surface area contributed by atoms with Crippen molar-refractivity contribution in [2.45, 2.75) is 46.0 Å². The molecule has 2 aliphatic heterocycles. The molecule has 6 rings (SSSR count). The fraction of sp³-hybridized carbons (Fsp3) is 0.351. The second-order valence-electron chi connectivity index (χ2n) is 10.7. The molecule has 7 nitrogen and oxygen atoms in total. The molecule has 2 fully saturated rings. The van der Waals surface area contributed by atoms with Gasteiger partial charge in [0.1, 0.15) is 67.7 Å². The Kier molecular flexibility index (Phi) is 12.1. The lowest BCUT2D eigenvalue weighted by Crippen LogP contribution is -2.25. The number of aliphatic hydroxyl groups is 1. The van der Waals surface area contributed by atoms with Crippen LogP contribution in [0.5, 0.6) is 23.0 Å². The molecule has 7 heteroatoms. The highest BCUT2D eigenvalue weighted by atomic mass is 16.6. The molecule has 2 unspecified atom stereocenters. The molecule has 0 radical (unpaired) electrons. The van der Waals surface area contributed by atoms with E-state index in [9.17, 15) is 5.11 Å². The summed E-state index contributed by atoms with van der Waals surface area (Å²) in [5.74, 6) is 3.15. The predicted octanol–water partition coefficient (Wildman–Crippen LogP) is 6.51. The van der Waals surface area contributed by atoms with Crippen LogP contribution in [-0.4, -0.2) is 63.1 Å². The lowest BCUT2D eigenvalue weighted by Gasteiger charge is -2.14. The monoisotopic (exact) mass is 600 g/mol. The highest BCUT2D eigenvalue weighted by molar-refractivity contribution is 5.35. The van der Waals surface area contributed by atoms with Crippen LogP contribution in [0.3, 0.4) is 0 Å². The second-order valence-corrected chi connectivity index (χ2v) is 10.7. The quantitative estimate of drug-likeness (QED) is 0.147. The number of aliphatic hydroxyl groups excluding tert-OH is 1. The summed E-state index contributed by atoms with van der Waals surface area (Å²) in [6.07, 6.45) is 1.40. The standard InChI is InChI=1S/C35H36O7.2CH4/c36-29(19-37-30-9-1-25(2-10-30)17-27-5-13-32(14-6-27)39-21-34-23-41-34)20-38-31-11-3-26(4-12-31)18-28-7-15-33(16-8-28)40-22-35-24-42-35;;/h1-16,29,34-36H,17-24H2;2*1H4. The fourth-order valence-corrected chi connectivity index (χ4v) is 4.43. The highest BCUT2D eigenvalue weighted by Crippen LogP contribution is 2.21. The maximum atomic E-state index is 10.4. The van der Waals surface area contributed by atoms with Crippen molar-refractivity contribution >= 4 is 0 Å².